The zero-order valence-electron chi connectivity index (χ0n) is 8.04. The van der Waals surface area contributed by atoms with Crippen molar-refractivity contribution in [1.82, 2.24) is 20.2 Å². The lowest BCUT2D eigenvalue weighted by atomic mass is 10.1. The molecule has 0 fully saturated rings. The quantitative estimate of drug-likeness (QED) is 0.737. The molecule has 7 heteroatoms. The van der Waals surface area contributed by atoms with Crippen molar-refractivity contribution in [2.24, 2.45) is 5.10 Å². The van der Waals surface area contributed by atoms with Crippen LogP contribution in [0.5, 0.6) is 0 Å². The van der Waals surface area contributed by atoms with Crippen LogP contribution in [0.2, 0.25) is 0 Å². The van der Waals surface area contributed by atoms with E-state index in [0.717, 1.165) is 5.56 Å². The molecule has 0 amide bonds. The third-order valence-corrected chi connectivity index (χ3v) is 3.25. The second-order valence-electron chi connectivity index (χ2n) is 3.17. The smallest absolute Gasteiger partial charge is 0.167 e. The summed E-state index contributed by atoms with van der Waals surface area (Å²) < 4.78 is 11.6. The van der Waals surface area contributed by atoms with Gasteiger partial charge < -0.3 is 0 Å². The number of nitrogens with one attached hydrogen (secondary N) is 2. The van der Waals surface area contributed by atoms with E-state index >= 15 is 0 Å². The molecule has 0 aliphatic carbocycles. The summed E-state index contributed by atoms with van der Waals surface area (Å²) >= 11 is 0. The average molecular weight is 233 g/mol. The molecule has 6 nitrogen and oxygen atoms in total. The molecular weight excluding hydrogens is 226 g/mol. The van der Waals surface area contributed by atoms with Crippen molar-refractivity contribution in [3.63, 3.8) is 0 Å². The van der Waals surface area contributed by atoms with Gasteiger partial charge in [-0.25, -0.2) is 9.04 Å². The molecule has 0 saturated heterocycles. The van der Waals surface area contributed by atoms with Crippen molar-refractivity contribution in [1.29, 1.82) is 0 Å². The van der Waals surface area contributed by atoms with Crippen molar-refractivity contribution in [2.75, 3.05) is 0 Å². The molecule has 2 N–H and O–H groups in total. The number of nitrogens with zero attached hydrogens (tertiary/aromatic N) is 3. The molecule has 1 aromatic heterocycles. The number of benzene rings is 1. The Hall–Kier alpha value is -2.02. The summed E-state index contributed by atoms with van der Waals surface area (Å²) in [6, 6.07) is 7.37. The van der Waals surface area contributed by atoms with Gasteiger partial charge in [-0.15, -0.1) is 0 Å². The van der Waals surface area contributed by atoms with Crippen molar-refractivity contribution in [3.8, 4) is 0 Å². The number of hydrogen-bond acceptors (Lipinski definition) is 4. The molecule has 0 radical (unpaired) electrons. The van der Waals surface area contributed by atoms with E-state index in [-0.39, 0.29) is 0 Å². The molecular formula is C9H7N5OS. The Morgan fingerprint density at radius 1 is 1.25 bits per heavy atom. The molecule has 80 valence electrons. The number of hydrazone groups is 1. The SMILES string of the molecule is O=S1NN=C(c2cn[nH]n2)c2ccccc21. The number of fused-ring (bicyclic) bond motifs is 1. The largest absolute Gasteiger partial charge is 0.230 e. The highest BCUT2D eigenvalue weighted by Gasteiger charge is 2.21. The molecule has 1 unspecified atom stereocenters. The topological polar surface area (TPSA) is 83.0 Å². The molecule has 1 aliphatic heterocycles. The van der Waals surface area contributed by atoms with Crippen molar-refractivity contribution >= 4 is 16.7 Å². The zero-order valence-corrected chi connectivity index (χ0v) is 8.86. The monoisotopic (exact) mass is 233 g/mol. The maximum Gasteiger partial charge on any atom is 0.167 e. The van der Waals surface area contributed by atoms with Crippen LogP contribution in [0, 0.1) is 0 Å². The Morgan fingerprint density at radius 2 is 2.12 bits per heavy atom. The van der Waals surface area contributed by atoms with Gasteiger partial charge in [-0.1, -0.05) is 18.2 Å². The maximum atomic E-state index is 11.6. The van der Waals surface area contributed by atoms with Crippen molar-refractivity contribution < 1.29 is 4.21 Å². The van der Waals surface area contributed by atoms with E-state index in [1.807, 2.05) is 18.2 Å². The van der Waals surface area contributed by atoms with Crippen LogP contribution in [0.1, 0.15) is 11.3 Å². The molecule has 2 heterocycles. The van der Waals surface area contributed by atoms with E-state index in [1.54, 1.807) is 12.3 Å². The maximum absolute atomic E-state index is 11.6. The number of H-pyrrole nitrogens is 1. The van der Waals surface area contributed by atoms with E-state index in [9.17, 15) is 4.21 Å². The molecule has 0 spiro atoms. The van der Waals surface area contributed by atoms with Crippen LogP contribution in [0.3, 0.4) is 0 Å². The fourth-order valence-electron chi connectivity index (χ4n) is 1.53. The summed E-state index contributed by atoms with van der Waals surface area (Å²) in [5.41, 5.74) is 2.08. The van der Waals surface area contributed by atoms with Gasteiger partial charge in [0.1, 0.15) is 11.4 Å². The normalized spacial score (nSPS) is 18.5. The molecule has 1 aliphatic rings. The molecule has 1 aromatic carbocycles. The minimum atomic E-state index is -1.29. The van der Waals surface area contributed by atoms with E-state index in [4.69, 9.17) is 0 Å². The number of hydrogen-bond donors (Lipinski definition) is 2. The van der Waals surface area contributed by atoms with Crippen molar-refractivity contribution in [3.05, 3.63) is 41.7 Å². The van der Waals surface area contributed by atoms with Crippen LogP contribution in [0.4, 0.5) is 0 Å². The Morgan fingerprint density at radius 3 is 2.94 bits per heavy atom. The lowest BCUT2D eigenvalue weighted by Crippen LogP contribution is -2.23. The van der Waals surface area contributed by atoms with Gasteiger partial charge in [0.15, 0.2) is 11.0 Å². The van der Waals surface area contributed by atoms with Crippen LogP contribution >= 0.6 is 0 Å². The predicted molar refractivity (Wildman–Crippen MR) is 58.0 cm³/mol. The molecule has 1 atom stereocenters. The fourth-order valence-corrected chi connectivity index (χ4v) is 2.37. The van der Waals surface area contributed by atoms with Crippen LogP contribution in [-0.4, -0.2) is 25.3 Å². The highest BCUT2D eigenvalue weighted by Crippen LogP contribution is 2.19. The molecule has 0 bridgehead atoms. The standard InChI is InChI=1S/C9H7N5OS/c15-16-8-4-2-1-3-6(8)9(12-14-16)7-5-10-13-11-7/h1-5,14H,(H,10,11,13). The van der Waals surface area contributed by atoms with E-state index in [0.29, 0.717) is 16.3 Å². The zero-order chi connectivity index (χ0) is 11.0. The molecule has 2 aromatic rings. The summed E-state index contributed by atoms with van der Waals surface area (Å²) in [5.74, 6) is 0. The summed E-state index contributed by atoms with van der Waals surface area (Å²) in [4.78, 5) is 3.26. The highest BCUT2D eigenvalue weighted by molar-refractivity contribution is 7.83. The van der Waals surface area contributed by atoms with Crippen molar-refractivity contribution in [2.45, 2.75) is 4.90 Å². The van der Waals surface area contributed by atoms with Gasteiger partial charge in [-0.3, -0.25) is 0 Å². The van der Waals surface area contributed by atoms with Gasteiger partial charge >= 0.3 is 0 Å². The first-order valence-corrected chi connectivity index (χ1v) is 5.72. The minimum Gasteiger partial charge on any atom is -0.230 e. The molecule has 0 saturated carbocycles. The summed E-state index contributed by atoms with van der Waals surface area (Å²) in [6.07, 6.45) is 1.57. The van der Waals surface area contributed by atoms with Crippen LogP contribution < -0.4 is 4.83 Å². The molecule has 3 rings (SSSR count). The Balaban J connectivity index is 2.20. The van der Waals surface area contributed by atoms with Crippen LogP contribution in [-0.2, 0) is 11.0 Å². The first kappa shape index (κ1) is 9.22. The lowest BCUT2D eigenvalue weighted by Gasteiger charge is -2.14. The lowest BCUT2D eigenvalue weighted by molar-refractivity contribution is 0.673. The third kappa shape index (κ3) is 1.33. The minimum absolute atomic E-state index is 0.622. The summed E-state index contributed by atoms with van der Waals surface area (Å²) in [5, 5.41) is 14.2. The Kier molecular flexibility index (Phi) is 2.03. The van der Waals surface area contributed by atoms with E-state index in [2.05, 4.69) is 25.3 Å². The third-order valence-electron chi connectivity index (χ3n) is 2.24. The first-order chi connectivity index (χ1) is 7.86. The number of aromatic amines is 1. The van der Waals surface area contributed by atoms with E-state index < -0.39 is 11.0 Å². The summed E-state index contributed by atoms with van der Waals surface area (Å²) in [6.45, 7) is 0. The Bertz CT molecular complexity index is 577. The second-order valence-corrected chi connectivity index (χ2v) is 4.33. The number of aromatic nitrogens is 3. The molecule has 16 heavy (non-hydrogen) atoms. The van der Waals surface area contributed by atoms with Crippen LogP contribution in [0.15, 0.2) is 40.5 Å². The predicted octanol–water partition coefficient (Wildman–Crippen LogP) is 0.183. The first-order valence-electron chi connectivity index (χ1n) is 4.57. The summed E-state index contributed by atoms with van der Waals surface area (Å²) in [7, 11) is -1.29. The van der Waals surface area contributed by atoms with Gasteiger partial charge in [0.05, 0.1) is 11.1 Å². The van der Waals surface area contributed by atoms with Gasteiger partial charge in [-0.2, -0.15) is 20.5 Å². The van der Waals surface area contributed by atoms with Gasteiger partial charge in [0.25, 0.3) is 0 Å². The van der Waals surface area contributed by atoms with Gasteiger partial charge in [-0.05, 0) is 6.07 Å². The number of rotatable bonds is 1. The van der Waals surface area contributed by atoms with Crippen LogP contribution in [0.25, 0.3) is 0 Å². The van der Waals surface area contributed by atoms with Gasteiger partial charge in [0.2, 0.25) is 0 Å². The highest BCUT2D eigenvalue weighted by atomic mass is 32.2. The fraction of sp³-hybridized carbons (Fsp3) is 0. The van der Waals surface area contributed by atoms with E-state index in [1.165, 1.54) is 0 Å². The van der Waals surface area contributed by atoms with Gasteiger partial charge in [0, 0.05) is 5.56 Å². The Labute approximate surface area is 93.4 Å². The second kappa shape index (κ2) is 3.53. The average Bonchev–Trinajstić information content (AvgIpc) is 2.83.